The third-order valence-electron chi connectivity index (χ3n) is 4.85. The highest BCUT2D eigenvalue weighted by Crippen LogP contribution is 2.35. The van der Waals surface area contributed by atoms with E-state index >= 15 is 0 Å². The molecule has 4 rings (SSSR count). The van der Waals surface area contributed by atoms with E-state index < -0.39 is 34.0 Å². The van der Waals surface area contributed by atoms with Crippen molar-refractivity contribution in [2.75, 3.05) is 12.4 Å². The van der Waals surface area contributed by atoms with Crippen molar-refractivity contribution >= 4 is 44.7 Å². The molecule has 3 heterocycles. The third kappa shape index (κ3) is 4.48. The quantitative estimate of drug-likeness (QED) is 0.591. The maximum absolute atomic E-state index is 13.4. The minimum atomic E-state index is -3.90. The lowest BCUT2D eigenvalue weighted by atomic mass is 10.1. The maximum atomic E-state index is 13.4. The highest BCUT2D eigenvalue weighted by Gasteiger charge is 2.41. The van der Waals surface area contributed by atoms with Gasteiger partial charge in [-0.3, -0.25) is 9.48 Å². The average Bonchev–Trinajstić information content (AvgIpc) is 3.35. The van der Waals surface area contributed by atoms with Gasteiger partial charge in [0, 0.05) is 24.7 Å². The lowest BCUT2D eigenvalue weighted by Gasteiger charge is -2.35. The van der Waals surface area contributed by atoms with Crippen LogP contribution in [0.25, 0.3) is 10.7 Å². The predicted octanol–water partition coefficient (Wildman–Crippen LogP) is 2.55. The summed E-state index contributed by atoms with van der Waals surface area (Å²) in [6, 6.07) is 5.80. The first-order valence-electron chi connectivity index (χ1n) is 9.11. The van der Waals surface area contributed by atoms with Crippen molar-refractivity contribution in [1.29, 1.82) is 0 Å². The van der Waals surface area contributed by atoms with Gasteiger partial charge in [-0.25, -0.2) is 9.37 Å². The third-order valence-corrected chi connectivity index (χ3v) is 7.93. The van der Waals surface area contributed by atoms with Crippen LogP contribution < -0.4 is 10.0 Å². The van der Waals surface area contributed by atoms with Gasteiger partial charge in [-0.1, -0.05) is 11.6 Å². The van der Waals surface area contributed by atoms with Crippen molar-refractivity contribution < 1.29 is 17.6 Å². The predicted molar refractivity (Wildman–Crippen MR) is 115 cm³/mol. The van der Waals surface area contributed by atoms with E-state index in [0.717, 1.165) is 20.1 Å². The van der Waals surface area contributed by atoms with Crippen LogP contribution in [0.15, 0.2) is 36.7 Å². The molecule has 13 heteroatoms. The van der Waals surface area contributed by atoms with Crippen LogP contribution in [0.3, 0.4) is 0 Å². The first kappa shape index (κ1) is 21.8. The summed E-state index contributed by atoms with van der Waals surface area (Å²) < 4.78 is 43.8. The SMILES string of the molecule is CN1[C@H](C(=O)Nc2ccc(F)c(Cl)c2)C[C@H](c2ccc(-c3ncn(C)n3)s2)NS1(=O)=O. The van der Waals surface area contributed by atoms with Crippen molar-refractivity contribution in [2.24, 2.45) is 7.05 Å². The maximum Gasteiger partial charge on any atom is 0.280 e. The number of hydrogen-bond acceptors (Lipinski definition) is 6. The highest BCUT2D eigenvalue weighted by molar-refractivity contribution is 7.87. The molecule has 1 aliphatic heterocycles. The van der Waals surface area contributed by atoms with E-state index in [1.54, 1.807) is 24.1 Å². The number of aryl methyl sites for hydroxylation is 1. The molecule has 1 aliphatic rings. The summed E-state index contributed by atoms with van der Waals surface area (Å²) in [5.74, 6) is -0.613. The van der Waals surface area contributed by atoms with Gasteiger partial charge in [0.15, 0.2) is 5.82 Å². The first-order valence-corrected chi connectivity index (χ1v) is 11.7. The van der Waals surface area contributed by atoms with Crippen molar-refractivity contribution in [3.05, 3.63) is 52.4 Å². The van der Waals surface area contributed by atoms with Gasteiger partial charge in [0.2, 0.25) is 5.91 Å². The monoisotopic (exact) mass is 484 g/mol. The second kappa shape index (κ2) is 8.28. The Morgan fingerprint density at radius 2 is 2.10 bits per heavy atom. The fourth-order valence-electron chi connectivity index (χ4n) is 3.21. The normalized spacial score (nSPS) is 21.2. The van der Waals surface area contributed by atoms with Crippen LogP contribution in [0.5, 0.6) is 0 Å². The lowest BCUT2D eigenvalue weighted by Crippen LogP contribution is -2.55. The number of anilines is 1. The Morgan fingerprint density at radius 3 is 2.77 bits per heavy atom. The molecule has 0 unspecified atom stereocenters. The molecule has 0 radical (unpaired) electrons. The second-order valence-electron chi connectivity index (χ2n) is 7.01. The van der Waals surface area contributed by atoms with Gasteiger partial charge in [0.05, 0.1) is 15.9 Å². The van der Waals surface area contributed by atoms with Crippen molar-refractivity contribution in [1.82, 2.24) is 23.8 Å². The Balaban J connectivity index is 1.57. The van der Waals surface area contributed by atoms with E-state index in [4.69, 9.17) is 11.6 Å². The molecular weight excluding hydrogens is 467 g/mol. The molecular formula is C18H18ClFN6O3S2. The first-order chi connectivity index (χ1) is 14.6. The average molecular weight is 485 g/mol. The van der Waals surface area contributed by atoms with E-state index in [9.17, 15) is 17.6 Å². The molecule has 3 aromatic rings. The van der Waals surface area contributed by atoms with Gasteiger partial charge < -0.3 is 5.32 Å². The van der Waals surface area contributed by atoms with Crippen LogP contribution in [0, 0.1) is 5.82 Å². The summed E-state index contributed by atoms with van der Waals surface area (Å²) in [7, 11) is -0.815. The molecule has 2 aromatic heterocycles. The minimum absolute atomic E-state index is 0.142. The molecule has 0 spiro atoms. The van der Waals surface area contributed by atoms with E-state index in [2.05, 4.69) is 20.1 Å². The Labute approximate surface area is 187 Å². The van der Waals surface area contributed by atoms with Gasteiger partial charge in [-0.15, -0.1) is 11.3 Å². The fraction of sp³-hybridized carbons (Fsp3) is 0.278. The molecule has 9 nitrogen and oxygen atoms in total. The van der Waals surface area contributed by atoms with Crippen molar-refractivity contribution in [3.63, 3.8) is 0 Å². The van der Waals surface area contributed by atoms with E-state index in [0.29, 0.717) is 5.82 Å². The number of rotatable bonds is 4. The van der Waals surface area contributed by atoms with E-state index in [1.165, 1.54) is 30.5 Å². The summed E-state index contributed by atoms with van der Waals surface area (Å²) in [5, 5.41) is 6.72. The second-order valence-corrected chi connectivity index (χ2v) is 10.3. The Hall–Kier alpha value is -2.38. The number of aromatic nitrogens is 3. The molecule has 0 saturated carbocycles. The number of benzene rings is 1. The summed E-state index contributed by atoms with van der Waals surface area (Å²) in [5.41, 5.74) is 0.275. The van der Waals surface area contributed by atoms with Crippen molar-refractivity contribution in [3.8, 4) is 10.7 Å². The summed E-state index contributed by atoms with van der Waals surface area (Å²) in [4.78, 5) is 18.6. The van der Waals surface area contributed by atoms with E-state index in [1.807, 2.05) is 6.07 Å². The van der Waals surface area contributed by atoms with Crippen LogP contribution in [0.4, 0.5) is 10.1 Å². The number of amides is 1. The number of thiophene rings is 1. The molecule has 1 fully saturated rings. The molecule has 164 valence electrons. The fourth-order valence-corrected chi connectivity index (χ4v) is 5.74. The molecule has 0 bridgehead atoms. The van der Waals surface area contributed by atoms with Crippen LogP contribution in [-0.4, -0.2) is 46.5 Å². The van der Waals surface area contributed by atoms with Crippen LogP contribution in [0.1, 0.15) is 17.3 Å². The largest absolute Gasteiger partial charge is 0.325 e. The zero-order valence-electron chi connectivity index (χ0n) is 16.4. The number of carbonyl (C=O) groups is 1. The lowest BCUT2D eigenvalue weighted by molar-refractivity contribution is -0.120. The number of nitrogens with zero attached hydrogens (tertiary/aromatic N) is 4. The number of nitrogens with one attached hydrogen (secondary N) is 2. The summed E-state index contributed by atoms with van der Waals surface area (Å²) in [6.45, 7) is 0. The zero-order chi connectivity index (χ0) is 22.3. The van der Waals surface area contributed by atoms with E-state index in [-0.39, 0.29) is 17.1 Å². The summed E-state index contributed by atoms with van der Waals surface area (Å²) in [6.07, 6.45) is 1.78. The molecule has 31 heavy (non-hydrogen) atoms. The standard InChI is InChI=1S/C18H18ClFN6O3S2/c1-25-9-21-17(23-25)16-6-5-15(30-16)13-8-14(26(2)31(28,29)24-13)18(27)22-10-3-4-12(20)11(19)7-10/h3-7,9,13-14,24H,8H2,1-2H3,(H,22,27)/t13-,14+/m1/s1. The van der Waals surface area contributed by atoms with Gasteiger partial charge in [-0.05, 0) is 36.8 Å². The highest BCUT2D eigenvalue weighted by atomic mass is 35.5. The number of likely N-dealkylation sites (N-methyl/N-ethyl adjacent to an activating group) is 1. The van der Waals surface area contributed by atoms with Gasteiger partial charge in [0.1, 0.15) is 18.2 Å². The number of halogens is 2. The topological polar surface area (TPSA) is 109 Å². The van der Waals surface area contributed by atoms with Crippen LogP contribution in [-0.2, 0) is 22.1 Å². The Bertz CT molecular complexity index is 1240. The number of carbonyl (C=O) groups excluding carboxylic acids is 1. The Kier molecular flexibility index (Phi) is 5.83. The molecule has 1 aromatic carbocycles. The van der Waals surface area contributed by atoms with Gasteiger partial charge in [-0.2, -0.15) is 22.5 Å². The molecule has 2 atom stereocenters. The minimum Gasteiger partial charge on any atom is -0.325 e. The number of hydrogen-bond donors (Lipinski definition) is 2. The molecule has 0 aliphatic carbocycles. The summed E-state index contributed by atoms with van der Waals surface area (Å²) >= 11 is 7.12. The van der Waals surface area contributed by atoms with Crippen LogP contribution in [0.2, 0.25) is 5.02 Å². The van der Waals surface area contributed by atoms with Crippen LogP contribution >= 0.6 is 22.9 Å². The van der Waals surface area contributed by atoms with Gasteiger partial charge in [0.25, 0.3) is 10.2 Å². The Morgan fingerprint density at radius 1 is 1.32 bits per heavy atom. The molecule has 1 saturated heterocycles. The zero-order valence-corrected chi connectivity index (χ0v) is 18.8. The molecule has 1 amide bonds. The molecule has 2 N–H and O–H groups in total. The van der Waals surface area contributed by atoms with Gasteiger partial charge >= 0.3 is 0 Å². The smallest absolute Gasteiger partial charge is 0.280 e. The van der Waals surface area contributed by atoms with Crippen molar-refractivity contribution in [2.45, 2.75) is 18.5 Å².